The summed E-state index contributed by atoms with van der Waals surface area (Å²) in [7, 11) is 2.93. The van der Waals surface area contributed by atoms with Crippen LogP contribution in [-0.2, 0) is 18.9 Å². The first-order valence-corrected chi connectivity index (χ1v) is 9.82. The maximum atomic E-state index is 12.4. The molecule has 4 aromatic rings. The van der Waals surface area contributed by atoms with Gasteiger partial charge in [0.25, 0.3) is 11.5 Å². The van der Waals surface area contributed by atoms with E-state index >= 15 is 0 Å². The second-order valence-electron chi connectivity index (χ2n) is 6.74. The molecule has 0 spiro atoms. The summed E-state index contributed by atoms with van der Waals surface area (Å²) in [5.74, 6) is 0.141. The SMILES string of the molecule is Cn1c(=O)c2cc(NC(=O)COc3ccc4ccccc4c3Br)cnc2n(C)c1=O. The lowest BCUT2D eigenvalue weighted by molar-refractivity contribution is -0.118. The summed E-state index contributed by atoms with van der Waals surface area (Å²) in [5.41, 5.74) is -0.360. The molecule has 0 bridgehead atoms. The molecule has 1 N–H and O–H groups in total. The van der Waals surface area contributed by atoms with Crippen LogP contribution in [0, 0.1) is 0 Å². The summed E-state index contributed by atoms with van der Waals surface area (Å²) in [5, 5.41) is 4.93. The average molecular weight is 469 g/mol. The summed E-state index contributed by atoms with van der Waals surface area (Å²) in [6, 6.07) is 13.0. The quantitative estimate of drug-likeness (QED) is 0.496. The third kappa shape index (κ3) is 3.48. The summed E-state index contributed by atoms with van der Waals surface area (Å²) in [4.78, 5) is 40.9. The first-order valence-electron chi connectivity index (χ1n) is 9.02. The van der Waals surface area contributed by atoms with Gasteiger partial charge in [-0.2, -0.15) is 0 Å². The molecule has 0 unspecified atom stereocenters. The molecule has 0 aliphatic rings. The van der Waals surface area contributed by atoms with Crippen LogP contribution in [0.4, 0.5) is 5.69 Å². The van der Waals surface area contributed by atoms with Crippen LogP contribution in [0.25, 0.3) is 21.8 Å². The number of amides is 1. The molecule has 2 heterocycles. The van der Waals surface area contributed by atoms with Crippen LogP contribution in [0.15, 0.2) is 62.7 Å². The van der Waals surface area contributed by atoms with Gasteiger partial charge >= 0.3 is 5.69 Å². The van der Waals surface area contributed by atoms with Crippen molar-refractivity contribution < 1.29 is 9.53 Å². The number of hydrogen-bond donors (Lipinski definition) is 1. The number of hydrogen-bond acceptors (Lipinski definition) is 5. The first-order chi connectivity index (χ1) is 14.4. The number of ether oxygens (including phenoxy) is 1. The number of anilines is 1. The lowest BCUT2D eigenvalue weighted by Crippen LogP contribution is -2.37. The number of aryl methyl sites for hydroxylation is 1. The molecule has 9 heteroatoms. The van der Waals surface area contributed by atoms with E-state index in [2.05, 4.69) is 26.2 Å². The highest BCUT2D eigenvalue weighted by Crippen LogP contribution is 2.33. The van der Waals surface area contributed by atoms with Crippen LogP contribution in [0.1, 0.15) is 0 Å². The number of benzene rings is 2. The number of fused-ring (bicyclic) bond motifs is 2. The van der Waals surface area contributed by atoms with Crippen molar-refractivity contribution >= 4 is 49.3 Å². The Bertz CT molecular complexity index is 1420. The zero-order chi connectivity index (χ0) is 21.4. The standard InChI is InChI=1S/C21H17BrN4O4/c1-25-19-15(20(28)26(2)21(25)29)9-13(10-23-19)24-17(27)11-30-16-8-7-12-5-3-4-6-14(12)18(16)22/h3-10H,11H2,1-2H3,(H,24,27). The van der Waals surface area contributed by atoms with Gasteiger partial charge in [-0.3, -0.25) is 18.7 Å². The van der Waals surface area contributed by atoms with Gasteiger partial charge in [-0.15, -0.1) is 0 Å². The molecule has 0 radical (unpaired) electrons. The maximum Gasteiger partial charge on any atom is 0.332 e. The van der Waals surface area contributed by atoms with Gasteiger partial charge in [0.05, 0.1) is 21.7 Å². The fourth-order valence-corrected chi connectivity index (χ4v) is 3.81. The normalized spacial score (nSPS) is 11.0. The van der Waals surface area contributed by atoms with E-state index in [1.54, 1.807) is 6.07 Å². The van der Waals surface area contributed by atoms with Gasteiger partial charge in [-0.05, 0) is 38.8 Å². The molecule has 0 aliphatic heterocycles. The van der Waals surface area contributed by atoms with E-state index < -0.39 is 17.2 Å². The third-order valence-electron chi connectivity index (χ3n) is 4.76. The second-order valence-corrected chi connectivity index (χ2v) is 7.53. The minimum Gasteiger partial charge on any atom is -0.483 e. The Balaban J connectivity index is 1.53. The summed E-state index contributed by atoms with van der Waals surface area (Å²) < 4.78 is 8.70. The van der Waals surface area contributed by atoms with Crippen molar-refractivity contribution in [2.75, 3.05) is 11.9 Å². The van der Waals surface area contributed by atoms with Gasteiger partial charge in [0.2, 0.25) is 0 Å². The van der Waals surface area contributed by atoms with Crippen molar-refractivity contribution in [2.45, 2.75) is 0 Å². The highest BCUT2D eigenvalue weighted by atomic mass is 79.9. The summed E-state index contributed by atoms with van der Waals surface area (Å²) in [6.07, 6.45) is 1.39. The molecule has 0 saturated heterocycles. The average Bonchev–Trinajstić information content (AvgIpc) is 2.76. The fraction of sp³-hybridized carbons (Fsp3) is 0.143. The van der Waals surface area contributed by atoms with Crippen molar-refractivity contribution in [3.05, 3.63) is 74.0 Å². The van der Waals surface area contributed by atoms with E-state index in [9.17, 15) is 14.4 Å². The van der Waals surface area contributed by atoms with Crippen LogP contribution in [-0.4, -0.2) is 26.6 Å². The largest absolute Gasteiger partial charge is 0.483 e. The van der Waals surface area contributed by atoms with E-state index in [0.717, 1.165) is 19.8 Å². The Labute approximate surface area is 178 Å². The van der Waals surface area contributed by atoms with Gasteiger partial charge in [-0.25, -0.2) is 9.78 Å². The molecule has 0 fully saturated rings. The fourth-order valence-electron chi connectivity index (χ4n) is 3.20. The van der Waals surface area contributed by atoms with E-state index in [0.29, 0.717) is 11.4 Å². The Kier molecular flexibility index (Phi) is 5.13. The number of aromatic nitrogens is 3. The van der Waals surface area contributed by atoms with E-state index in [4.69, 9.17) is 4.74 Å². The van der Waals surface area contributed by atoms with Crippen LogP contribution in [0.3, 0.4) is 0 Å². The monoisotopic (exact) mass is 468 g/mol. The van der Waals surface area contributed by atoms with Gasteiger partial charge in [0.1, 0.15) is 11.4 Å². The molecule has 4 rings (SSSR count). The number of nitrogens with one attached hydrogen (secondary N) is 1. The van der Waals surface area contributed by atoms with Gasteiger partial charge < -0.3 is 10.1 Å². The Morgan fingerprint density at radius 2 is 1.87 bits per heavy atom. The summed E-state index contributed by atoms with van der Waals surface area (Å²) >= 11 is 3.52. The van der Waals surface area contributed by atoms with E-state index in [-0.39, 0.29) is 17.6 Å². The van der Waals surface area contributed by atoms with Gasteiger partial charge in [-0.1, -0.05) is 30.3 Å². The third-order valence-corrected chi connectivity index (χ3v) is 5.58. The smallest absolute Gasteiger partial charge is 0.332 e. The topological polar surface area (TPSA) is 95.2 Å². The predicted molar refractivity (Wildman–Crippen MR) is 118 cm³/mol. The van der Waals surface area contributed by atoms with Crippen molar-refractivity contribution in [3.8, 4) is 5.75 Å². The predicted octanol–water partition coefficient (Wildman–Crippen LogP) is 2.57. The van der Waals surface area contributed by atoms with Crippen molar-refractivity contribution in [1.29, 1.82) is 0 Å². The number of pyridine rings is 1. The molecule has 2 aromatic carbocycles. The number of carbonyl (C=O) groups is 1. The second kappa shape index (κ2) is 7.75. The molecule has 0 atom stereocenters. The van der Waals surface area contributed by atoms with Crippen molar-refractivity contribution in [2.24, 2.45) is 14.1 Å². The Morgan fingerprint density at radius 3 is 2.67 bits per heavy atom. The highest BCUT2D eigenvalue weighted by molar-refractivity contribution is 9.10. The number of rotatable bonds is 4. The first kappa shape index (κ1) is 19.8. The molecule has 0 saturated carbocycles. The van der Waals surface area contributed by atoms with Gasteiger partial charge in [0.15, 0.2) is 6.61 Å². The highest BCUT2D eigenvalue weighted by Gasteiger charge is 2.13. The molecule has 0 aliphatic carbocycles. The van der Waals surface area contributed by atoms with Crippen molar-refractivity contribution in [1.82, 2.24) is 14.1 Å². The minimum atomic E-state index is -0.479. The number of carbonyl (C=O) groups excluding carboxylic acids is 1. The minimum absolute atomic E-state index is 0.222. The lowest BCUT2D eigenvalue weighted by Gasteiger charge is -2.11. The molecule has 2 aromatic heterocycles. The Hall–Kier alpha value is -3.46. The molecule has 8 nitrogen and oxygen atoms in total. The van der Waals surface area contributed by atoms with Crippen LogP contribution >= 0.6 is 15.9 Å². The van der Waals surface area contributed by atoms with E-state index in [1.807, 2.05) is 30.3 Å². The van der Waals surface area contributed by atoms with Gasteiger partial charge in [0, 0.05) is 14.1 Å². The van der Waals surface area contributed by atoms with Crippen molar-refractivity contribution in [3.63, 3.8) is 0 Å². The molecule has 1 amide bonds. The van der Waals surface area contributed by atoms with Crippen LogP contribution < -0.4 is 21.3 Å². The van der Waals surface area contributed by atoms with Crippen LogP contribution in [0.5, 0.6) is 5.75 Å². The molecular formula is C21H17BrN4O4. The zero-order valence-corrected chi connectivity index (χ0v) is 17.8. The molecule has 30 heavy (non-hydrogen) atoms. The van der Waals surface area contributed by atoms with Crippen LogP contribution in [0.2, 0.25) is 0 Å². The lowest BCUT2D eigenvalue weighted by atomic mass is 10.1. The summed E-state index contributed by atoms with van der Waals surface area (Å²) in [6.45, 7) is -0.222. The zero-order valence-electron chi connectivity index (χ0n) is 16.2. The Morgan fingerprint density at radius 1 is 1.10 bits per heavy atom. The maximum absolute atomic E-state index is 12.4. The number of halogens is 1. The molecule has 152 valence electrons. The molecular weight excluding hydrogens is 452 g/mol. The number of nitrogens with zero attached hydrogens (tertiary/aromatic N) is 3. The van der Waals surface area contributed by atoms with E-state index in [1.165, 1.54) is 30.9 Å².